The van der Waals surface area contributed by atoms with E-state index in [0.29, 0.717) is 12.8 Å². The summed E-state index contributed by atoms with van der Waals surface area (Å²) in [6.07, 6.45) is 36.4. The Morgan fingerprint density at radius 3 is 1.23 bits per heavy atom. The molecule has 3 rings (SSSR count). The summed E-state index contributed by atoms with van der Waals surface area (Å²) in [7, 11) is 0. The van der Waals surface area contributed by atoms with Crippen LogP contribution in [0.15, 0.2) is 72.9 Å². The van der Waals surface area contributed by atoms with Gasteiger partial charge in [-0.1, -0.05) is 228 Å². The number of amides is 1. The number of unbranched alkanes of at least 4 members (excludes halogenated alkanes) is 23. The number of carbonyl (C=O) groups excluding carboxylic acids is 1. The summed E-state index contributed by atoms with van der Waals surface area (Å²) in [5.74, 6) is -0.249. The van der Waals surface area contributed by atoms with Gasteiger partial charge in [0.05, 0.1) is 38.6 Å². The van der Waals surface area contributed by atoms with Gasteiger partial charge in [0.1, 0.15) is 73.2 Å². The zero-order chi connectivity index (χ0) is 64.0. The van der Waals surface area contributed by atoms with Crippen LogP contribution in [0, 0.1) is 0 Å². The second kappa shape index (κ2) is 50.7. The molecule has 3 aliphatic rings. The fourth-order valence-corrected chi connectivity index (χ4v) is 11.3. The molecule has 3 fully saturated rings. The second-order valence-electron chi connectivity index (χ2n) is 24.3. The summed E-state index contributed by atoms with van der Waals surface area (Å²) in [5, 5.41) is 120. The van der Waals surface area contributed by atoms with Crippen molar-refractivity contribution in [3.05, 3.63) is 72.9 Å². The lowest BCUT2D eigenvalue weighted by Crippen LogP contribution is -2.66. The van der Waals surface area contributed by atoms with Gasteiger partial charge in [-0.3, -0.25) is 4.79 Å². The Hall–Kier alpha value is -2.77. The van der Waals surface area contributed by atoms with E-state index in [1.54, 1.807) is 0 Å². The lowest BCUT2D eigenvalue weighted by molar-refractivity contribution is -0.379. The minimum absolute atomic E-state index is 0.249. The maximum atomic E-state index is 13.3. The predicted octanol–water partition coefficient (Wildman–Crippen LogP) is 8.55. The van der Waals surface area contributed by atoms with E-state index >= 15 is 0 Å². The van der Waals surface area contributed by atoms with Gasteiger partial charge in [0.25, 0.3) is 0 Å². The molecule has 17 atom stereocenters. The van der Waals surface area contributed by atoms with Gasteiger partial charge in [-0.2, -0.15) is 0 Å². The number of aliphatic hydroxyl groups excluding tert-OH is 11. The number of nitrogens with one attached hydrogen (secondary N) is 1. The molecule has 19 nitrogen and oxygen atoms in total. The maximum absolute atomic E-state index is 13.3. The van der Waals surface area contributed by atoms with Crippen LogP contribution in [0.25, 0.3) is 0 Å². The van der Waals surface area contributed by atoms with Gasteiger partial charge < -0.3 is 89.9 Å². The first-order chi connectivity index (χ1) is 42.8. The molecule has 0 aromatic carbocycles. The molecular formula is C69H121NO18. The molecule has 17 unspecified atom stereocenters. The molecule has 0 aromatic heterocycles. The molecule has 0 radical (unpaired) electrons. The van der Waals surface area contributed by atoms with Crippen LogP contribution in [0.1, 0.15) is 226 Å². The number of ether oxygens (including phenoxy) is 6. The van der Waals surface area contributed by atoms with E-state index < -0.39 is 124 Å². The van der Waals surface area contributed by atoms with Gasteiger partial charge in [-0.25, -0.2) is 0 Å². The molecule has 3 heterocycles. The lowest BCUT2D eigenvalue weighted by atomic mass is 9.96. The normalized spacial score (nSPS) is 28.9. The summed E-state index contributed by atoms with van der Waals surface area (Å²) in [4.78, 5) is 13.3. The second-order valence-corrected chi connectivity index (χ2v) is 24.3. The van der Waals surface area contributed by atoms with Crippen LogP contribution >= 0.6 is 0 Å². The Balaban J connectivity index is 1.26. The van der Waals surface area contributed by atoms with E-state index in [0.717, 1.165) is 96.3 Å². The van der Waals surface area contributed by atoms with Gasteiger partial charge in [0.15, 0.2) is 18.9 Å². The monoisotopic (exact) mass is 1250 g/mol. The van der Waals surface area contributed by atoms with Crippen molar-refractivity contribution >= 4 is 5.91 Å². The molecule has 12 N–H and O–H groups in total. The zero-order valence-electron chi connectivity index (χ0n) is 53.7. The van der Waals surface area contributed by atoms with Crippen LogP contribution in [0.5, 0.6) is 0 Å². The first-order valence-corrected chi connectivity index (χ1v) is 34.2. The van der Waals surface area contributed by atoms with Crippen LogP contribution in [0.3, 0.4) is 0 Å². The summed E-state index contributed by atoms with van der Waals surface area (Å²) in [6, 6.07) is -0.885. The van der Waals surface area contributed by atoms with Crippen LogP contribution in [-0.2, 0) is 33.2 Å². The predicted molar refractivity (Wildman–Crippen MR) is 341 cm³/mol. The fourth-order valence-electron chi connectivity index (χ4n) is 11.3. The van der Waals surface area contributed by atoms with Gasteiger partial charge >= 0.3 is 0 Å². The van der Waals surface area contributed by atoms with E-state index in [1.165, 1.54) is 96.3 Å². The minimum Gasteiger partial charge on any atom is -0.394 e. The Labute approximate surface area is 528 Å². The maximum Gasteiger partial charge on any atom is 0.220 e. The number of carbonyl (C=O) groups is 1. The van der Waals surface area contributed by atoms with Crippen molar-refractivity contribution in [2.75, 3.05) is 26.4 Å². The first kappa shape index (κ1) is 79.5. The number of aliphatic hydroxyl groups is 11. The van der Waals surface area contributed by atoms with Gasteiger partial charge in [-0.05, 0) is 64.2 Å². The molecule has 0 aromatic rings. The minimum atomic E-state index is -1.97. The fraction of sp³-hybridized carbons (Fsp3) is 0.812. The molecule has 510 valence electrons. The Kier molecular flexibility index (Phi) is 45.8. The van der Waals surface area contributed by atoms with Crippen molar-refractivity contribution in [2.45, 2.75) is 330 Å². The highest BCUT2D eigenvalue weighted by atomic mass is 16.8. The number of hydrogen-bond acceptors (Lipinski definition) is 18. The average Bonchev–Trinajstić information content (AvgIpc) is 0.949. The van der Waals surface area contributed by atoms with Crippen molar-refractivity contribution in [2.24, 2.45) is 0 Å². The molecule has 0 spiro atoms. The van der Waals surface area contributed by atoms with Crippen molar-refractivity contribution < 1.29 is 89.4 Å². The molecule has 0 saturated carbocycles. The van der Waals surface area contributed by atoms with Crippen LogP contribution in [0.2, 0.25) is 0 Å². The Bertz CT molecular complexity index is 1880. The summed E-state index contributed by atoms with van der Waals surface area (Å²) in [5.41, 5.74) is 0. The molecule has 0 aliphatic carbocycles. The highest BCUT2D eigenvalue weighted by Crippen LogP contribution is 2.33. The zero-order valence-corrected chi connectivity index (χ0v) is 53.7. The van der Waals surface area contributed by atoms with Crippen LogP contribution < -0.4 is 5.32 Å². The lowest BCUT2D eigenvalue weighted by Gasteiger charge is -2.48. The number of hydrogen-bond donors (Lipinski definition) is 12. The molecule has 1 amide bonds. The molecule has 19 heteroatoms. The largest absolute Gasteiger partial charge is 0.394 e. The van der Waals surface area contributed by atoms with Gasteiger partial charge in [-0.15, -0.1) is 0 Å². The first-order valence-electron chi connectivity index (χ1n) is 34.2. The van der Waals surface area contributed by atoms with E-state index in [-0.39, 0.29) is 18.9 Å². The van der Waals surface area contributed by atoms with Crippen molar-refractivity contribution in [1.82, 2.24) is 5.32 Å². The molecule has 88 heavy (non-hydrogen) atoms. The quantitative estimate of drug-likeness (QED) is 0.0200. The van der Waals surface area contributed by atoms with E-state index in [4.69, 9.17) is 28.4 Å². The topological polar surface area (TPSA) is 307 Å². The van der Waals surface area contributed by atoms with Crippen molar-refractivity contribution in [1.29, 1.82) is 0 Å². The molecule has 0 bridgehead atoms. The third-order valence-corrected chi connectivity index (χ3v) is 16.8. The average molecular weight is 1250 g/mol. The van der Waals surface area contributed by atoms with Crippen LogP contribution in [-0.4, -0.2) is 193 Å². The standard InChI is InChI=1S/C69H121NO18/c1-3-5-7-9-11-12-13-14-15-16-17-18-19-20-21-22-23-24-25-26-27-28-29-30-31-32-33-34-35-36-37-38-39-40-41-43-45-47-57(75)70-52(53(74)46-44-42-10-8-6-4-2)51-83-67-63(81)60(78)65(55(49-72)85-67)88-69-64(82)61(79)66(56(50-73)86-69)87-68-62(80)59(77)58(76)54(48-71)84-68/h5,7,11-12,14-15,17-18,20-21,23-24,52-56,58-69,71-74,76-82H,3-4,6,8-10,13,16,19,22,25-51H2,1-2H3,(H,70,75)/b7-5-,12-11-,15-14-,18-17-,21-20-,24-23-. The van der Waals surface area contributed by atoms with E-state index in [2.05, 4.69) is 92.1 Å². The molecular weight excluding hydrogens is 1130 g/mol. The van der Waals surface area contributed by atoms with E-state index in [9.17, 15) is 61.0 Å². The van der Waals surface area contributed by atoms with Gasteiger partial charge in [0, 0.05) is 6.42 Å². The smallest absolute Gasteiger partial charge is 0.220 e. The molecule has 3 aliphatic heterocycles. The highest BCUT2D eigenvalue weighted by Gasteiger charge is 2.53. The number of rotatable bonds is 51. The van der Waals surface area contributed by atoms with Crippen LogP contribution in [0.4, 0.5) is 0 Å². The molecule has 3 saturated heterocycles. The van der Waals surface area contributed by atoms with Gasteiger partial charge in [0.2, 0.25) is 5.91 Å². The van der Waals surface area contributed by atoms with Crippen molar-refractivity contribution in [3.63, 3.8) is 0 Å². The van der Waals surface area contributed by atoms with Crippen molar-refractivity contribution in [3.8, 4) is 0 Å². The number of allylic oxidation sites excluding steroid dienone is 12. The highest BCUT2D eigenvalue weighted by molar-refractivity contribution is 5.76. The van der Waals surface area contributed by atoms with E-state index in [1.807, 2.05) is 0 Å². The Morgan fingerprint density at radius 1 is 0.420 bits per heavy atom. The summed E-state index contributed by atoms with van der Waals surface area (Å²) >= 11 is 0. The third kappa shape index (κ3) is 32.7. The SMILES string of the molecule is CC/C=C\C/C=C\C/C=C\C/C=C\C/C=C\C/C=C\CCCCCCCCCCCCCCCCCCCCC(=O)NC(COC1OC(CO)C(OC2OC(CO)C(OC3OC(CO)C(O)C(O)C3O)C(O)C2O)C(O)C1O)C(O)CCCCCCCC. The summed E-state index contributed by atoms with van der Waals surface area (Å²) in [6.45, 7) is 1.59. The Morgan fingerprint density at radius 2 is 0.784 bits per heavy atom. The third-order valence-electron chi connectivity index (χ3n) is 16.8. The summed E-state index contributed by atoms with van der Waals surface area (Å²) < 4.78 is 34.2.